The lowest BCUT2D eigenvalue weighted by atomic mass is 10.1. The van der Waals surface area contributed by atoms with E-state index in [0.29, 0.717) is 5.92 Å². The van der Waals surface area contributed by atoms with Gasteiger partial charge in [-0.2, -0.15) is 5.10 Å². The van der Waals surface area contributed by atoms with Crippen LogP contribution in [-0.4, -0.2) is 25.2 Å². The Morgan fingerprint density at radius 1 is 1.35 bits per heavy atom. The van der Waals surface area contributed by atoms with Crippen molar-refractivity contribution in [3.63, 3.8) is 0 Å². The van der Waals surface area contributed by atoms with Gasteiger partial charge in [-0.3, -0.25) is 9.48 Å². The predicted molar refractivity (Wildman–Crippen MR) is 103 cm³/mol. The number of nitrogens with one attached hydrogen (secondary N) is 1. The standard InChI is InChI=1S/C20H23N5O/c1-15(2)20-21-9-10-25(20)14-16-5-4-6-18(11-16)23-19(26)8-7-17-12-22-24(3)13-17/h4-13,15H,14H2,1-3H3,(H,23,26)/b8-7+. The number of anilines is 1. The Bertz CT molecular complexity index is 920. The van der Waals surface area contributed by atoms with Crippen molar-refractivity contribution < 1.29 is 4.79 Å². The molecule has 0 unspecified atom stereocenters. The Morgan fingerprint density at radius 2 is 2.19 bits per heavy atom. The number of amides is 1. The highest BCUT2D eigenvalue weighted by Gasteiger charge is 2.08. The van der Waals surface area contributed by atoms with E-state index < -0.39 is 0 Å². The van der Waals surface area contributed by atoms with Crippen molar-refractivity contribution in [3.8, 4) is 0 Å². The summed E-state index contributed by atoms with van der Waals surface area (Å²) in [5.41, 5.74) is 2.77. The molecule has 3 rings (SSSR count). The van der Waals surface area contributed by atoms with Gasteiger partial charge < -0.3 is 9.88 Å². The SMILES string of the molecule is CC(C)c1nccn1Cc1cccc(NC(=O)/C=C/c2cnn(C)c2)c1. The highest BCUT2D eigenvalue weighted by atomic mass is 16.1. The van der Waals surface area contributed by atoms with Crippen LogP contribution in [0, 0.1) is 0 Å². The zero-order valence-corrected chi connectivity index (χ0v) is 15.3. The summed E-state index contributed by atoms with van der Waals surface area (Å²) in [4.78, 5) is 16.5. The van der Waals surface area contributed by atoms with Gasteiger partial charge in [0.1, 0.15) is 5.82 Å². The van der Waals surface area contributed by atoms with E-state index in [1.54, 1.807) is 17.0 Å². The maximum absolute atomic E-state index is 12.1. The molecule has 0 spiro atoms. The molecule has 0 fully saturated rings. The van der Waals surface area contributed by atoms with Gasteiger partial charge in [0.05, 0.1) is 6.20 Å². The summed E-state index contributed by atoms with van der Waals surface area (Å²) in [5, 5.41) is 6.97. The summed E-state index contributed by atoms with van der Waals surface area (Å²) in [7, 11) is 1.84. The minimum Gasteiger partial charge on any atom is -0.330 e. The molecule has 6 nitrogen and oxygen atoms in total. The second-order valence-electron chi connectivity index (χ2n) is 6.54. The molecule has 6 heteroatoms. The maximum Gasteiger partial charge on any atom is 0.248 e. The van der Waals surface area contributed by atoms with E-state index in [9.17, 15) is 4.79 Å². The van der Waals surface area contributed by atoms with E-state index >= 15 is 0 Å². The molecule has 0 saturated heterocycles. The molecule has 3 aromatic rings. The number of benzene rings is 1. The van der Waals surface area contributed by atoms with Crippen molar-refractivity contribution in [2.24, 2.45) is 7.05 Å². The van der Waals surface area contributed by atoms with Gasteiger partial charge in [0, 0.05) is 55.4 Å². The lowest BCUT2D eigenvalue weighted by Crippen LogP contribution is -2.09. The van der Waals surface area contributed by atoms with Crippen molar-refractivity contribution in [3.05, 3.63) is 72.1 Å². The normalized spacial score (nSPS) is 11.4. The Morgan fingerprint density at radius 3 is 2.92 bits per heavy atom. The highest BCUT2D eigenvalue weighted by molar-refractivity contribution is 6.01. The molecule has 0 aliphatic rings. The van der Waals surface area contributed by atoms with E-state index in [-0.39, 0.29) is 5.91 Å². The third-order valence-electron chi connectivity index (χ3n) is 3.96. The zero-order valence-electron chi connectivity index (χ0n) is 15.3. The minimum atomic E-state index is -0.170. The number of nitrogens with zero attached hydrogens (tertiary/aromatic N) is 4. The summed E-state index contributed by atoms with van der Waals surface area (Å²) < 4.78 is 3.83. The average molecular weight is 349 g/mol. The number of rotatable bonds is 6. The summed E-state index contributed by atoms with van der Waals surface area (Å²) in [6.07, 6.45) is 10.6. The highest BCUT2D eigenvalue weighted by Crippen LogP contribution is 2.16. The first-order chi connectivity index (χ1) is 12.5. The molecular formula is C20H23N5O. The van der Waals surface area contributed by atoms with Crippen molar-refractivity contribution >= 4 is 17.7 Å². The maximum atomic E-state index is 12.1. The number of hydrogen-bond acceptors (Lipinski definition) is 3. The van der Waals surface area contributed by atoms with Crippen LogP contribution in [0.15, 0.2) is 55.1 Å². The lowest BCUT2D eigenvalue weighted by Gasteiger charge is -2.11. The Labute approximate surface area is 153 Å². The number of carbonyl (C=O) groups excluding carboxylic acids is 1. The monoisotopic (exact) mass is 349 g/mol. The van der Waals surface area contributed by atoms with Gasteiger partial charge in [0.25, 0.3) is 0 Å². The zero-order chi connectivity index (χ0) is 18.5. The second-order valence-corrected chi connectivity index (χ2v) is 6.54. The topological polar surface area (TPSA) is 64.7 Å². The fraction of sp³-hybridized carbons (Fsp3) is 0.250. The van der Waals surface area contributed by atoms with Crippen LogP contribution in [-0.2, 0) is 18.4 Å². The van der Waals surface area contributed by atoms with Gasteiger partial charge in [-0.05, 0) is 23.8 Å². The fourth-order valence-electron chi connectivity index (χ4n) is 2.78. The summed E-state index contributed by atoms with van der Waals surface area (Å²) in [6, 6.07) is 7.86. The van der Waals surface area contributed by atoms with Crippen LogP contribution in [0.5, 0.6) is 0 Å². The molecule has 134 valence electrons. The quantitative estimate of drug-likeness (QED) is 0.693. The van der Waals surface area contributed by atoms with Crippen molar-refractivity contribution in [2.75, 3.05) is 5.32 Å². The fourth-order valence-corrected chi connectivity index (χ4v) is 2.78. The lowest BCUT2D eigenvalue weighted by molar-refractivity contribution is -0.111. The number of aromatic nitrogens is 4. The molecule has 26 heavy (non-hydrogen) atoms. The smallest absolute Gasteiger partial charge is 0.248 e. The molecule has 1 amide bonds. The minimum absolute atomic E-state index is 0.170. The van der Waals surface area contributed by atoms with Crippen LogP contribution in [0.3, 0.4) is 0 Å². The molecule has 1 N–H and O–H groups in total. The molecule has 0 bridgehead atoms. The third-order valence-corrected chi connectivity index (χ3v) is 3.96. The number of carbonyl (C=O) groups is 1. The molecule has 2 aromatic heterocycles. The van der Waals surface area contributed by atoms with Gasteiger partial charge in [0.15, 0.2) is 0 Å². The van der Waals surface area contributed by atoms with Crippen molar-refractivity contribution in [1.82, 2.24) is 19.3 Å². The molecule has 0 atom stereocenters. The van der Waals surface area contributed by atoms with Crippen LogP contribution < -0.4 is 5.32 Å². The van der Waals surface area contributed by atoms with Gasteiger partial charge in [-0.25, -0.2) is 4.98 Å². The Hall–Kier alpha value is -3.15. The number of aryl methyl sites for hydroxylation is 1. The van der Waals surface area contributed by atoms with Gasteiger partial charge in [0.2, 0.25) is 5.91 Å². The first kappa shape index (κ1) is 17.7. The number of hydrogen-bond donors (Lipinski definition) is 1. The van der Waals surface area contributed by atoms with E-state index in [0.717, 1.165) is 29.2 Å². The van der Waals surface area contributed by atoms with Crippen LogP contribution in [0.2, 0.25) is 0 Å². The largest absolute Gasteiger partial charge is 0.330 e. The van der Waals surface area contributed by atoms with E-state index in [2.05, 4.69) is 33.8 Å². The van der Waals surface area contributed by atoms with E-state index in [1.165, 1.54) is 6.08 Å². The molecular weight excluding hydrogens is 326 g/mol. The molecule has 1 aromatic carbocycles. The van der Waals surface area contributed by atoms with Gasteiger partial charge in [-0.15, -0.1) is 0 Å². The Balaban J connectivity index is 1.66. The Kier molecular flexibility index (Phi) is 5.31. The first-order valence-corrected chi connectivity index (χ1v) is 8.59. The molecule has 0 aliphatic heterocycles. The summed E-state index contributed by atoms with van der Waals surface area (Å²) >= 11 is 0. The van der Waals surface area contributed by atoms with Crippen molar-refractivity contribution in [2.45, 2.75) is 26.3 Å². The number of imidazole rings is 1. The van der Waals surface area contributed by atoms with Crippen LogP contribution in [0.25, 0.3) is 6.08 Å². The molecule has 0 saturated carbocycles. The average Bonchev–Trinajstić information content (AvgIpc) is 3.22. The van der Waals surface area contributed by atoms with Crippen LogP contribution in [0.4, 0.5) is 5.69 Å². The van der Waals surface area contributed by atoms with Gasteiger partial charge in [-0.1, -0.05) is 26.0 Å². The van der Waals surface area contributed by atoms with E-state index in [1.807, 2.05) is 49.9 Å². The van der Waals surface area contributed by atoms with Crippen molar-refractivity contribution in [1.29, 1.82) is 0 Å². The first-order valence-electron chi connectivity index (χ1n) is 8.59. The van der Waals surface area contributed by atoms with Crippen LogP contribution >= 0.6 is 0 Å². The van der Waals surface area contributed by atoms with Crippen LogP contribution in [0.1, 0.15) is 36.7 Å². The van der Waals surface area contributed by atoms with Gasteiger partial charge >= 0.3 is 0 Å². The van der Waals surface area contributed by atoms with E-state index in [4.69, 9.17) is 0 Å². The summed E-state index contributed by atoms with van der Waals surface area (Å²) in [5.74, 6) is 1.25. The third kappa shape index (κ3) is 4.47. The summed E-state index contributed by atoms with van der Waals surface area (Å²) in [6.45, 7) is 4.98. The molecule has 0 aliphatic carbocycles. The second kappa shape index (κ2) is 7.82. The predicted octanol–water partition coefficient (Wildman–Crippen LogP) is 3.44. The molecule has 0 radical (unpaired) electrons. The molecule has 2 heterocycles.